The van der Waals surface area contributed by atoms with Crippen molar-refractivity contribution in [3.63, 3.8) is 0 Å². The molecule has 0 radical (unpaired) electrons. The fourth-order valence-electron chi connectivity index (χ4n) is 3.73. The van der Waals surface area contributed by atoms with Crippen molar-refractivity contribution in [3.8, 4) is 5.75 Å². The molecule has 0 spiro atoms. The first-order chi connectivity index (χ1) is 10.7. The average Bonchev–Trinajstić information content (AvgIpc) is 2.98. The molecule has 3 rings (SSSR count). The second-order valence-electron chi connectivity index (χ2n) is 6.56. The molecule has 2 aliphatic heterocycles. The molecule has 4 nitrogen and oxygen atoms in total. The Morgan fingerprint density at radius 2 is 2.13 bits per heavy atom. The number of carbonyl (C=O) groups excluding carboxylic acids is 1. The largest absolute Gasteiger partial charge is 0.497 e. The number of piperidine rings is 1. The van der Waals surface area contributed by atoms with Crippen LogP contribution in [0, 0.1) is 11.8 Å². The summed E-state index contributed by atoms with van der Waals surface area (Å²) < 4.78 is 5.27. The summed E-state index contributed by atoms with van der Waals surface area (Å²) in [6, 6.07) is 6.02. The van der Waals surface area contributed by atoms with Gasteiger partial charge in [0.05, 0.1) is 7.11 Å². The Hall–Kier alpha value is -1.26. The van der Waals surface area contributed by atoms with Gasteiger partial charge in [0, 0.05) is 18.7 Å². The molecule has 23 heavy (non-hydrogen) atoms. The summed E-state index contributed by atoms with van der Waals surface area (Å²) in [7, 11) is 1.68. The maximum Gasteiger partial charge on any atom is 0.227 e. The van der Waals surface area contributed by atoms with Gasteiger partial charge >= 0.3 is 0 Å². The second kappa shape index (κ2) is 8.02. The van der Waals surface area contributed by atoms with Crippen molar-refractivity contribution in [1.82, 2.24) is 5.32 Å². The van der Waals surface area contributed by atoms with E-state index >= 15 is 0 Å². The third-order valence-corrected chi connectivity index (χ3v) is 5.17. The Labute approximate surface area is 145 Å². The molecule has 128 valence electrons. The maximum atomic E-state index is 12.7. The van der Waals surface area contributed by atoms with Crippen molar-refractivity contribution >= 4 is 24.0 Å². The van der Waals surface area contributed by atoms with Crippen LogP contribution < -0.4 is 15.0 Å². The first kappa shape index (κ1) is 18.1. The van der Waals surface area contributed by atoms with Crippen LogP contribution in [0.3, 0.4) is 0 Å². The summed E-state index contributed by atoms with van der Waals surface area (Å²) in [5.74, 6) is 2.30. The highest BCUT2D eigenvalue weighted by Gasteiger charge is 2.28. The maximum absolute atomic E-state index is 12.7. The van der Waals surface area contributed by atoms with Gasteiger partial charge in [0.25, 0.3) is 0 Å². The number of nitrogens with zero attached hydrogens (tertiary/aromatic N) is 1. The Bertz CT molecular complexity index is 544. The van der Waals surface area contributed by atoms with Crippen molar-refractivity contribution in [1.29, 1.82) is 0 Å². The number of hydrogen-bond acceptors (Lipinski definition) is 3. The number of fused-ring (bicyclic) bond motifs is 1. The van der Waals surface area contributed by atoms with E-state index in [1.807, 2.05) is 17.0 Å². The summed E-state index contributed by atoms with van der Waals surface area (Å²) in [6.45, 7) is 5.23. The molecule has 5 heteroatoms. The molecule has 2 heterocycles. The molecule has 1 aromatic carbocycles. The van der Waals surface area contributed by atoms with Gasteiger partial charge in [0.1, 0.15) is 5.75 Å². The molecule has 1 N–H and O–H groups in total. The SMILES string of the molecule is COc1ccc2c(c1)CCN2C(=O)CC(C)C1CCNCC1.Cl. The van der Waals surface area contributed by atoms with Crippen molar-refractivity contribution in [2.24, 2.45) is 11.8 Å². The minimum Gasteiger partial charge on any atom is -0.497 e. The Balaban J connectivity index is 0.00000192. The number of anilines is 1. The number of rotatable bonds is 4. The first-order valence-electron chi connectivity index (χ1n) is 8.37. The van der Waals surface area contributed by atoms with E-state index in [4.69, 9.17) is 4.74 Å². The highest BCUT2D eigenvalue weighted by molar-refractivity contribution is 5.95. The third-order valence-electron chi connectivity index (χ3n) is 5.17. The van der Waals surface area contributed by atoms with Gasteiger partial charge in [0.15, 0.2) is 0 Å². The summed E-state index contributed by atoms with van der Waals surface area (Å²) in [4.78, 5) is 14.7. The lowest BCUT2D eigenvalue weighted by Crippen LogP contribution is -2.35. The van der Waals surface area contributed by atoms with E-state index in [1.54, 1.807) is 7.11 Å². The molecule has 1 atom stereocenters. The lowest BCUT2D eigenvalue weighted by Gasteiger charge is -2.29. The third kappa shape index (κ3) is 3.99. The lowest BCUT2D eigenvalue weighted by atomic mass is 9.84. The molecule has 1 unspecified atom stereocenters. The zero-order valence-corrected chi connectivity index (χ0v) is 14.8. The smallest absolute Gasteiger partial charge is 0.227 e. The highest BCUT2D eigenvalue weighted by Crippen LogP contribution is 2.33. The Kier molecular flexibility index (Phi) is 6.31. The van der Waals surface area contributed by atoms with E-state index in [1.165, 1.54) is 18.4 Å². The first-order valence-corrected chi connectivity index (χ1v) is 8.37. The Morgan fingerprint density at radius 1 is 1.39 bits per heavy atom. The van der Waals surface area contributed by atoms with Crippen LogP contribution >= 0.6 is 12.4 Å². The topological polar surface area (TPSA) is 41.6 Å². The van der Waals surface area contributed by atoms with Crippen LogP contribution in [0.1, 0.15) is 31.7 Å². The monoisotopic (exact) mass is 338 g/mol. The Morgan fingerprint density at radius 3 is 2.83 bits per heavy atom. The number of amides is 1. The van der Waals surface area contributed by atoms with Crippen LogP contribution in [-0.4, -0.2) is 32.7 Å². The van der Waals surface area contributed by atoms with Crippen molar-refractivity contribution in [2.45, 2.75) is 32.6 Å². The minimum absolute atomic E-state index is 0. The molecule has 1 saturated heterocycles. The summed E-state index contributed by atoms with van der Waals surface area (Å²) in [6.07, 6.45) is 3.99. The molecule has 1 fully saturated rings. The normalized spacial score (nSPS) is 19.0. The van der Waals surface area contributed by atoms with Crippen molar-refractivity contribution < 1.29 is 9.53 Å². The van der Waals surface area contributed by atoms with Gasteiger partial charge in [0.2, 0.25) is 5.91 Å². The molecular formula is C18H27ClN2O2. The zero-order chi connectivity index (χ0) is 15.5. The fraction of sp³-hybridized carbons (Fsp3) is 0.611. The zero-order valence-electron chi connectivity index (χ0n) is 14.0. The predicted octanol–water partition coefficient (Wildman–Crippen LogP) is 3.03. The summed E-state index contributed by atoms with van der Waals surface area (Å²) in [5.41, 5.74) is 2.30. The summed E-state index contributed by atoms with van der Waals surface area (Å²) >= 11 is 0. The molecule has 2 aliphatic rings. The predicted molar refractivity (Wildman–Crippen MR) is 95.7 cm³/mol. The fourth-order valence-corrected chi connectivity index (χ4v) is 3.73. The van der Waals surface area contributed by atoms with Crippen LogP contribution in [0.5, 0.6) is 5.75 Å². The van der Waals surface area contributed by atoms with Crippen LogP contribution in [0.15, 0.2) is 18.2 Å². The van der Waals surface area contributed by atoms with Gasteiger partial charge in [-0.2, -0.15) is 0 Å². The second-order valence-corrected chi connectivity index (χ2v) is 6.56. The lowest BCUT2D eigenvalue weighted by molar-refractivity contribution is -0.119. The van der Waals surface area contributed by atoms with E-state index in [2.05, 4.69) is 18.3 Å². The summed E-state index contributed by atoms with van der Waals surface area (Å²) in [5, 5.41) is 3.39. The molecule has 0 bridgehead atoms. The standard InChI is InChI=1S/C18H26N2O2.ClH/c1-13(14-5-8-19-9-6-14)11-18(21)20-10-7-15-12-16(22-2)3-4-17(15)20;/h3-4,12-14,19H,5-11H2,1-2H3;1H. The van der Waals surface area contributed by atoms with Gasteiger partial charge in [-0.3, -0.25) is 4.79 Å². The number of carbonyl (C=O) groups is 1. The van der Waals surface area contributed by atoms with E-state index in [-0.39, 0.29) is 18.3 Å². The molecule has 1 aromatic rings. The molecule has 0 aliphatic carbocycles. The highest BCUT2D eigenvalue weighted by atomic mass is 35.5. The van der Waals surface area contributed by atoms with Gasteiger partial charge < -0.3 is 15.0 Å². The number of methoxy groups -OCH3 is 1. The number of ether oxygens (including phenoxy) is 1. The van der Waals surface area contributed by atoms with Crippen LogP contribution in [0.2, 0.25) is 0 Å². The van der Waals surface area contributed by atoms with E-state index < -0.39 is 0 Å². The van der Waals surface area contributed by atoms with Crippen LogP contribution in [0.25, 0.3) is 0 Å². The average molecular weight is 339 g/mol. The van der Waals surface area contributed by atoms with Crippen LogP contribution in [0.4, 0.5) is 5.69 Å². The van der Waals surface area contributed by atoms with Gasteiger partial charge in [-0.15, -0.1) is 12.4 Å². The minimum atomic E-state index is 0. The van der Waals surface area contributed by atoms with Gasteiger partial charge in [-0.25, -0.2) is 0 Å². The van der Waals surface area contributed by atoms with E-state index in [0.29, 0.717) is 18.3 Å². The van der Waals surface area contributed by atoms with E-state index in [0.717, 1.165) is 37.5 Å². The van der Waals surface area contributed by atoms with Crippen molar-refractivity contribution in [2.75, 3.05) is 31.6 Å². The molecular weight excluding hydrogens is 312 g/mol. The number of hydrogen-bond donors (Lipinski definition) is 1. The van der Waals surface area contributed by atoms with Gasteiger partial charge in [-0.1, -0.05) is 6.92 Å². The molecule has 0 saturated carbocycles. The number of nitrogens with one attached hydrogen (secondary N) is 1. The van der Waals surface area contributed by atoms with Gasteiger partial charge in [-0.05, 0) is 68.0 Å². The van der Waals surface area contributed by atoms with Crippen molar-refractivity contribution in [3.05, 3.63) is 23.8 Å². The van der Waals surface area contributed by atoms with E-state index in [9.17, 15) is 4.79 Å². The molecule has 0 aromatic heterocycles. The number of halogens is 1. The quantitative estimate of drug-likeness (QED) is 0.917. The number of benzene rings is 1. The molecule has 1 amide bonds. The van der Waals surface area contributed by atoms with Crippen LogP contribution in [-0.2, 0) is 11.2 Å².